The number of hydrogen-bond acceptors (Lipinski definition) is 1. The number of carbonyl (C=O) groups excluding carboxylic acids is 1. The second-order valence-electron chi connectivity index (χ2n) is 4.53. The van der Waals surface area contributed by atoms with Crippen LogP contribution in [0.15, 0.2) is 78.9 Å². The molecule has 0 aliphatic heterocycles. The Morgan fingerprint density at radius 3 is 2.18 bits per heavy atom. The number of amides is 2. The van der Waals surface area contributed by atoms with E-state index in [9.17, 15) is 4.79 Å². The van der Waals surface area contributed by atoms with Crippen molar-refractivity contribution in [2.45, 2.75) is 6.92 Å². The molecule has 0 spiro atoms. The molecule has 114 valence electrons. The summed E-state index contributed by atoms with van der Waals surface area (Å²) >= 11 is 0. The van der Waals surface area contributed by atoms with Crippen molar-refractivity contribution in [3.05, 3.63) is 84.4 Å². The van der Waals surface area contributed by atoms with E-state index in [1.54, 1.807) is 0 Å². The van der Waals surface area contributed by atoms with E-state index >= 15 is 0 Å². The molecule has 0 radical (unpaired) electrons. The van der Waals surface area contributed by atoms with Crippen molar-refractivity contribution in [1.29, 1.82) is 0 Å². The third-order valence-corrected chi connectivity index (χ3v) is 2.87. The number of rotatable bonds is 2. The second-order valence-corrected chi connectivity index (χ2v) is 4.53. The minimum Gasteiger partial charge on any atom is -0.371 e. The molecule has 3 aromatic carbocycles. The van der Waals surface area contributed by atoms with Crippen LogP contribution in [-0.4, -0.2) is 6.03 Å². The van der Waals surface area contributed by atoms with Crippen LogP contribution in [0.3, 0.4) is 0 Å². The number of urea groups is 1. The summed E-state index contributed by atoms with van der Waals surface area (Å²) in [6, 6.07) is 24.9. The molecule has 4 heteroatoms. The van der Waals surface area contributed by atoms with E-state index in [-0.39, 0.29) is 23.1 Å². The van der Waals surface area contributed by atoms with E-state index in [1.807, 2.05) is 85.8 Å². The molecular weight excluding hydrogens is 316 g/mol. The molecular formula is C18H18FeN2O. The number of carbonyl (C=O) groups is 1. The van der Waals surface area contributed by atoms with Crippen LogP contribution >= 0.6 is 0 Å². The van der Waals surface area contributed by atoms with Gasteiger partial charge in [-0.2, -0.15) is 42.5 Å². The molecule has 0 bridgehead atoms. The molecule has 0 saturated carbocycles. The normalized spacial score (nSPS) is 8.95. The van der Waals surface area contributed by atoms with Crippen molar-refractivity contribution >= 4 is 17.4 Å². The summed E-state index contributed by atoms with van der Waals surface area (Å²) in [5.74, 6) is 0. The summed E-state index contributed by atoms with van der Waals surface area (Å²) in [6.07, 6.45) is 0. The standard InChI is InChI=1S/C13H13N2O.C5H5.Fe/c1-10-6-2-5-9-12(10)15-13(16)14-11-7-3-4-8-11;1-2-4-5-3-1;/h2-9H,1H3,(H2,14,15,16);1-5H;/q2*-1;+2. The smallest absolute Gasteiger partial charge is 0.371 e. The van der Waals surface area contributed by atoms with Crippen molar-refractivity contribution in [2.75, 3.05) is 10.6 Å². The van der Waals surface area contributed by atoms with Crippen molar-refractivity contribution in [3.63, 3.8) is 0 Å². The van der Waals surface area contributed by atoms with Crippen LogP contribution in [-0.2, 0) is 17.1 Å². The number of benzene rings is 1. The minimum atomic E-state index is -0.222. The molecule has 0 aliphatic rings. The Labute approximate surface area is 141 Å². The predicted molar refractivity (Wildman–Crippen MR) is 87.9 cm³/mol. The van der Waals surface area contributed by atoms with Crippen molar-refractivity contribution in [3.8, 4) is 0 Å². The summed E-state index contributed by atoms with van der Waals surface area (Å²) in [5.41, 5.74) is 2.66. The fourth-order valence-corrected chi connectivity index (χ4v) is 1.78. The quantitative estimate of drug-likeness (QED) is 0.515. The first kappa shape index (κ1) is 17.8. The summed E-state index contributed by atoms with van der Waals surface area (Å²) in [4.78, 5) is 11.6. The maximum Gasteiger partial charge on any atom is 2.00 e. The zero-order valence-electron chi connectivity index (χ0n) is 12.3. The number of aryl methyl sites for hydroxylation is 1. The van der Waals surface area contributed by atoms with Gasteiger partial charge in [0, 0.05) is 5.69 Å². The van der Waals surface area contributed by atoms with E-state index < -0.39 is 0 Å². The zero-order chi connectivity index (χ0) is 14.9. The van der Waals surface area contributed by atoms with Gasteiger partial charge in [-0.05, 0) is 18.6 Å². The molecule has 3 aromatic rings. The van der Waals surface area contributed by atoms with Gasteiger partial charge in [0.2, 0.25) is 0 Å². The maximum atomic E-state index is 11.6. The van der Waals surface area contributed by atoms with Gasteiger partial charge >= 0.3 is 23.1 Å². The van der Waals surface area contributed by atoms with Crippen LogP contribution in [0.1, 0.15) is 5.56 Å². The van der Waals surface area contributed by atoms with Crippen molar-refractivity contribution in [2.24, 2.45) is 0 Å². The Balaban J connectivity index is 0.000000344. The Morgan fingerprint density at radius 2 is 1.64 bits per heavy atom. The van der Waals surface area contributed by atoms with Crippen LogP contribution in [0.2, 0.25) is 0 Å². The van der Waals surface area contributed by atoms with E-state index in [2.05, 4.69) is 10.6 Å². The first-order valence-corrected chi connectivity index (χ1v) is 6.78. The van der Waals surface area contributed by atoms with E-state index in [0.717, 1.165) is 16.9 Å². The van der Waals surface area contributed by atoms with E-state index in [4.69, 9.17) is 0 Å². The van der Waals surface area contributed by atoms with E-state index in [0.29, 0.717) is 0 Å². The third-order valence-electron chi connectivity index (χ3n) is 2.87. The molecule has 2 N–H and O–H groups in total. The van der Waals surface area contributed by atoms with Gasteiger partial charge in [-0.15, -0.1) is 5.69 Å². The van der Waals surface area contributed by atoms with Gasteiger partial charge in [0.05, 0.1) is 0 Å². The first-order chi connectivity index (χ1) is 10.3. The predicted octanol–water partition coefficient (Wildman–Crippen LogP) is 4.76. The number of hydrogen-bond donors (Lipinski definition) is 2. The van der Waals surface area contributed by atoms with Crippen LogP contribution < -0.4 is 10.6 Å². The molecule has 22 heavy (non-hydrogen) atoms. The molecule has 3 nitrogen and oxygen atoms in total. The van der Waals surface area contributed by atoms with Gasteiger partial charge in [-0.3, -0.25) is 0 Å². The molecule has 3 rings (SSSR count). The number of anilines is 2. The molecule has 0 aliphatic carbocycles. The average Bonchev–Trinajstić information content (AvgIpc) is 3.16. The molecule has 0 fully saturated rings. The average molecular weight is 334 g/mol. The molecule has 0 unspecified atom stereocenters. The van der Waals surface area contributed by atoms with Crippen LogP contribution in [0.4, 0.5) is 16.2 Å². The summed E-state index contributed by atoms with van der Waals surface area (Å²) < 4.78 is 0. The Bertz CT molecular complexity index is 628. The number of para-hydroxylation sites is 1. The Morgan fingerprint density at radius 1 is 0.909 bits per heavy atom. The largest absolute Gasteiger partial charge is 2.00 e. The second kappa shape index (κ2) is 9.61. The van der Waals surface area contributed by atoms with Gasteiger partial charge < -0.3 is 10.6 Å². The molecule has 2 amide bonds. The maximum absolute atomic E-state index is 11.6. The van der Waals surface area contributed by atoms with Crippen LogP contribution in [0.5, 0.6) is 0 Å². The van der Waals surface area contributed by atoms with Crippen molar-refractivity contribution < 1.29 is 21.9 Å². The van der Waals surface area contributed by atoms with Crippen LogP contribution in [0.25, 0.3) is 0 Å². The van der Waals surface area contributed by atoms with Gasteiger partial charge in [0.1, 0.15) is 0 Å². The fourth-order valence-electron chi connectivity index (χ4n) is 1.78. The molecule has 0 aromatic heterocycles. The molecule has 0 saturated heterocycles. The molecule has 0 heterocycles. The third kappa shape index (κ3) is 6.00. The Kier molecular flexibility index (Phi) is 7.76. The van der Waals surface area contributed by atoms with Gasteiger partial charge in [-0.25, -0.2) is 16.9 Å². The summed E-state index contributed by atoms with van der Waals surface area (Å²) in [6.45, 7) is 1.96. The van der Waals surface area contributed by atoms with E-state index in [1.165, 1.54) is 0 Å². The number of nitrogens with one attached hydrogen (secondary N) is 2. The van der Waals surface area contributed by atoms with Gasteiger partial charge in [0.25, 0.3) is 0 Å². The Hall–Kier alpha value is -2.29. The fraction of sp³-hybridized carbons (Fsp3) is 0.0556. The van der Waals surface area contributed by atoms with Crippen LogP contribution in [0, 0.1) is 6.92 Å². The monoisotopic (exact) mass is 334 g/mol. The SMILES string of the molecule is Cc1ccccc1NC(=O)Nc1cc[cH-]c1.[Fe+2].c1cc[cH-]c1. The summed E-state index contributed by atoms with van der Waals surface area (Å²) in [7, 11) is 0. The summed E-state index contributed by atoms with van der Waals surface area (Å²) in [5, 5.41) is 5.55. The zero-order valence-corrected chi connectivity index (χ0v) is 13.4. The minimum absolute atomic E-state index is 0. The van der Waals surface area contributed by atoms with Gasteiger partial charge in [0.15, 0.2) is 0 Å². The van der Waals surface area contributed by atoms with Crippen molar-refractivity contribution in [1.82, 2.24) is 0 Å². The molecule has 0 atom stereocenters. The van der Waals surface area contributed by atoms with Gasteiger partial charge in [-0.1, -0.05) is 18.2 Å². The first-order valence-electron chi connectivity index (χ1n) is 6.78. The topological polar surface area (TPSA) is 41.1 Å².